The van der Waals surface area contributed by atoms with Crippen molar-refractivity contribution < 1.29 is 13.2 Å². The minimum Gasteiger partial charge on any atom is -0.342 e. The van der Waals surface area contributed by atoms with Crippen molar-refractivity contribution in [1.29, 1.82) is 0 Å². The van der Waals surface area contributed by atoms with Crippen LogP contribution in [0.1, 0.15) is 38.2 Å². The molecule has 0 bridgehead atoms. The van der Waals surface area contributed by atoms with E-state index in [0.29, 0.717) is 13.1 Å². The molecule has 2 rings (SSSR count). The number of likely N-dealkylation sites (tertiary alicyclic amines) is 1. The molecule has 1 saturated heterocycles. The van der Waals surface area contributed by atoms with Gasteiger partial charge in [0, 0.05) is 13.1 Å². The van der Waals surface area contributed by atoms with Gasteiger partial charge in [-0.1, -0.05) is 44.2 Å². The van der Waals surface area contributed by atoms with E-state index in [4.69, 9.17) is 5.14 Å². The number of sulfonamides is 1. The maximum atomic E-state index is 13.0. The molecule has 0 aromatic heterocycles. The second kappa shape index (κ2) is 7.45. The quantitative estimate of drug-likeness (QED) is 0.891. The van der Waals surface area contributed by atoms with E-state index in [1.807, 2.05) is 49.1 Å². The number of rotatable bonds is 5. The van der Waals surface area contributed by atoms with E-state index in [9.17, 15) is 13.2 Å². The van der Waals surface area contributed by atoms with Gasteiger partial charge >= 0.3 is 0 Å². The maximum Gasteiger partial charge on any atom is 0.230 e. The number of carbonyl (C=O) groups excluding carboxylic acids is 1. The van der Waals surface area contributed by atoms with E-state index >= 15 is 0 Å². The normalized spacial score (nSPS) is 20.5. The van der Waals surface area contributed by atoms with Crippen molar-refractivity contribution in [1.82, 2.24) is 4.90 Å². The van der Waals surface area contributed by atoms with Gasteiger partial charge in [0.05, 0.1) is 11.7 Å². The van der Waals surface area contributed by atoms with E-state index in [-0.39, 0.29) is 29.4 Å². The van der Waals surface area contributed by atoms with E-state index in [1.54, 1.807) is 0 Å². The summed E-state index contributed by atoms with van der Waals surface area (Å²) in [7, 11) is -3.50. The average Bonchev–Trinajstić information content (AvgIpc) is 2.46. The van der Waals surface area contributed by atoms with Crippen LogP contribution in [0.25, 0.3) is 0 Å². The Labute approximate surface area is 138 Å². The number of hydrogen-bond donors (Lipinski definition) is 1. The molecule has 1 amide bonds. The molecule has 2 atom stereocenters. The Bertz CT molecular complexity index is 628. The molecule has 1 heterocycles. The van der Waals surface area contributed by atoms with Gasteiger partial charge in [-0.15, -0.1) is 0 Å². The number of primary sulfonamides is 1. The monoisotopic (exact) mass is 338 g/mol. The van der Waals surface area contributed by atoms with Crippen molar-refractivity contribution in [3.8, 4) is 0 Å². The lowest BCUT2D eigenvalue weighted by Gasteiger charge is -2.35. The van der Waals surface area contributed by atoms with Gasteiger partial charge in [-0.25, -0.2) is 13.6 Å². The van der Waals surface area contributed by atoms with E-state index in [1.165, 1.54) is 0 Å². The molecule has 5 nitrogen and oxygen atoms in total. The summed E-state index contributed by atoms with van der Waals surface area (Å²) in [4.78, 5) is 14.8. The van der Waals surface area contributed by atoms with Crippen LogP contribution in [-0.4, -0.2) is 38.1 Å². The molecule has 0 unspecified atom stereocenters. The summed E-state index contributed by atoms with van der Waals surface area (Å²) in [5.41, 5.74) is 1.01. The Morgan fingerprint density at radius 1 is 1.30 bits per heavy atom. The number of nitrogens with zero attached hydrogens (tertiary/aromatic N) is 1. The minimum absolute atomic E-state index is 0.0472. The smallest absolute Gasteiger partial charge is 0.230 e. The highest BCUT2D eigenvalue weighted by Crippen LogP contribution is 2.29. The van der Waals surface area contributed by atoms with Crippen LogP contribution in [-0.2, 0) is 14.8 Å². The number of nitrogens with two attached hydrogens (primary N) is 1. The molecule has 0 spiro atoms. The summed E-state index contributed by atoms with van der Waals surface area (Å²) in [5.74, 6) is -0.0291. The van der Waals surface area contributed by atoms with Crippen molar-refractivity contribution in [2.24, 2.45) is 17.0 Å². The molecule has 0 radical (unpaired) electrons. The minimum atomic E-state index is -3.50. The topological polar surface area (TPSA) is 80.5 Å². The molecule has 1 aliphatic rings. The zero-order chi connectivity index (χ0) is 17.0. The molecule has 6 heteroatoms. The Morgan fingerprint density at radius 2 is 1.96 bits per heavy atom. The molecule has 1 aromatic rings. The number of piperidine rings is 1. The standard InChI is InChI=1S/C17H26N2O3S/c1-13(2)16(15-8-4-3-5-9-15)17(20)19-10-6-7-14(11-19)12-23(18,21)22/h3-5,8-9,13-14,16H,6-7,10-12H2,1-2H3,(H2,18,21,22)/t14-,16-/m1/s1. The van der Waals surface area contributed by atoms with Gasteiger partial charge in [0.15, 0.2) is 0 Å². The molecule has 1 aliphatic heterocycles. The molecule has 1 fully saturated rings. The Morgan fingerprint density at radius 3 is 2.52 bits per heavy atom. The summed E-state index contributed by atoms with van der Waals surface area (Å²) in [6.07, 6.45) is 1.63. The number of hydrogen-bond acceptors (Lipinski definition) is 3. The number of carbonyl (C=O) groups is 1. The molecule has 1 aromatic carbocycles. The Balaban J connectivity index is 2.13. The molecule has 2 N–H and O–H groups in total. The van der Waals surface area contributed by atoms with Crippen LogP contribution in [0.4, 0.5) is 0 Å². The largest absolute Gasteiger partial charge is 0.342 e. The maximum absolute atomic E-state index is 13.0. The molecule has 23 heavy (non-hydrogen) atoms. The van der Waals surface area contributed by atoms with Gasteiger partial charge < -0.3 is 4.90 Å². The lowest BCUT2D eigenvalue weighted by Crippen LogP contribution is -2.45. The fraction of sp³-hybridized carbons (Fsp3) is 0.588. The van der Waals surface area contributed by atoms with Gasteiger partial charge in [0.25, 0.3) is 0 Å². The average molecular weight is 338 g/mol. The highest BCUT2D eigenvalue weighted by molar-refractivity contribution is 7.89. The van der Waals surface area contributed by atoms with Crippen LogP contribution in [0.2, 0.25) is 0 Å². The van der Waals surface area contributed by atoms with Gasteiger partial charge in [-0.2, -0.15) is 0 Å². The molecule has 0 aliphatic carbocycles. The first-order valence-electron chi connectivity index (χ1n) is 8.12. The van der Waals surface area contributed by atoms with Crippen molar-refractivity contribution in [3.05, 3.63) is 35.9 Å². The van der Waals surface area contributed by atoms with E-state index in [2.05, 4.69) is 0 Å². The second-order valence-electron chi connectivity index (χ2n) is 6.75. The zero-order valence-electron chi connectivity index (χ0n) is 13.8. The van der Waals surface area contributed by atoms with Crippen LogP contribution < -0.4 is 5.14 Å². The third kappa shape index (κ3) is 5.04. The third-order valence-corrected chi connectivity index (χ3v) is 5.33. The summed E-state index contributed by atoms with van der Waals surface area (Å²) in [6.45, 7) is 5.25. The van der Waals surface area contributed by atoms with Crippen LogP contribution in [0, 0.1) is 11.8 Å². The van der Waals surface area contributed by atoms with Crippen molar-refractivity contribution in [2.75, 3.05) is 18.8 Å². The predicted octanol–water partition coefficient (Wildman–Crippen LogP) is 1.95. The second-order valence-corrected chi connectivity index (χ2v) is 8.41. The lowest BCUT2D eigenvalue weighted by atomic mass is 9.86. The highest BCUT2D eigenvalue weighted by Gasteiger charge is 2.32. The zero-order valence-corrected chi connectivity index (χ0v) is 14.6. The number of amides is 1. The first kappa shape index (κ1) is 17.9. The van der Waals surface area contributed by atoms with Gasteiger partial charge in [-0.05, 0) is 30.2 Å². The fourth-order valence-electron chi connectivity index (χ4n) is 3.40. The van der Waals surface area contributed by atoms with Crippen LogP contribution in [0.3, 0.4) is 0 Å². The van der Waals surface area contributed by atoms with E-state index < -0.39 is 10.0 Å². The van der Waals surface area contributed by atoms with Crippen LogP contribution in [0.15, 0.2) is 30.3 Å². The number of benzene rings is 1. The molecular weight excluding hydrogens is 312 g/mol. The van der Waals surface area contributed by atoms with Crippen molar-refractivity contribution in [3.63, 3.8) is 0 Å². The summed E-state index contributed by atoms with van der Waals surface area (Å²) in [6, 6.07) is 9.78. The van der Waals surface area contributed by atoms with Crippen molar-refractivity contribution in [2.45, 2.75) is 32.6 Å². The molecule has 128 valence electrons. The van der Waals surface area contributed by atoms with Crippen LogP contribution >= 0.6 is 0 Å². The van der Waals surface area contributed by atoms with Crippen LogP contribution in [0.5, 0.6) is 0 Å². The summed E-state index contributed by atoms with van der Waals surface area (Å²) in [5, 5.41) is 5.16. The van der Waals surface area contributed by atoms with E-state index in [0.717, 1.165) is 18.4 Å². The lowest BCUT2D eigenvalue weighted by molar-refractivity contribution is -0.135. The molecule has 0 saturated carbocycles. The third-order valence-electron chi connectivity index (χ3n) is 4.39. The SMILES string of the molecule is CC(C)[C@@H](C(=O)N1CCC[C@@H](CS(N)(=O)=O)C1)c1ccccc1. The van der Waals surface area contributed by atoms with Crippen molar-refractivity contribution >= 4 is 15.9 Å². The fourth-order valence-corrected chi connectivity index (χ4v) is 4.33. The predicted molar refractivity (Wildman–Crippen MR) is 91.3 cm³/mol. The van der Waals surface area contributed by atoms with Gasteiger partial charge in [0.1, 0.15) is 0 Å². The summed E-state index contributed by atoms with van der Waals surface area (Å²) >= 11 is 0. The Hall–Kier alpha value is -1.40. The van der Waals surface area contributed by atoms with Gasteiger partial charge in [0.2, 0.25) is 15.9 Å². The first-order chi connectivity index (χ1) is 10.8. The molecular formula is C17H26N2O3S. The summed E-state index contributed by atoms with van der Waals surface area (Å²) < 4.78 is 22.6. The Kier molecular flexibility index (Phi) is 5.81. The highest BCUT2D eigenvalue weighted by atomic mass is 32.2. The van der Waals surface area contributed by atoms with Gasteiger partial charge in [-0.3, -0.25) is 4.79 Å². The first-order valence-corrected chi connectivity index (χ1v) is 9.83.